The van der Waals surface area contributed by atoms with E-state index in [0.29, 0.717) is 4.57 Å². The second-order valence-electron chi connectivity index (χ2n) is 5.00. The SMILES string of the molecule is O=c1[nH]cnc2c1ncn2[C@]1(P(=O)(O)O)O[C@H](CO)[C@@H](O)[C@H]1O. The molecule has 0 aliphatic carbocycles. The Morgan fingerprint density at radius 1 is 1.39 bits per heavy atom. The molecule has 6 N–H and O–H groups in total. The summed E-state index contributed by atoms with van der Waals surface area (Å²) in [4.78, 5) is 40.9. The fourth-order valence-electron chi connectivity index (χ4n) is 2.59. The highest BCUT2D eigenvalue weighted by Crippen LogP contribution is 2.61. The predicted octanol–water partition coefficient (Wildman–Crippen LogP) is -2.98. The Hall–Kier alpha value is -1.66. The molecular weight excluding hydrogens is 335 g/mol. The minimum absolute atomic E-state index is 0.238. The summed E-state index contributed by atoms with van der Waals surface area (Å²) in [6.45, 7) is -0.791. The Morgan fingerprint density at radius 2 is 2.09 bits per heavy atom. The Labute approximate surface area is 127 Å². The van der Waals surface area contributed by atoms with Gasteiger partial charge in [0.15, 0.2) is 11.2 Å². The Balaban J connectivity index is 2.32. The van der Waals surface area contributed by atoms with Crippen LogP contribution in [0.15, 0.2) is 17.4 Å². The minimum Gasteiger partial charge on any atom is -0.394 e. The number of nitrogens with zero attached hydrogens (tertiary/aromatic N) is 3. The van der Waals surface area contributed by atoms with E-state index in [0.717, 1.165) is 12.7 Å². The lowest BCUT2D eigenvalue weighted by Crippen LogP contribution is -2.45. The number of aliphatic hydroxyl groups is 3. The summed E-state index contributed by atoms with van der Waals surface area (Å²) in [7, 11) is -5.27. The molecule has 0 radical (unpaired) electrons. The van der Waals surface area contributed by atoms with Crippen LogP contribution in [0.2, 0.25) is 0 Å². The molecule has 12 nitrogen and oxygen atoms in total. The van der Waals surface area contributed by atoms with E-state index in [9.17, 15) is 29.4 Å². The van der Waals surface area contributed by atoms with Crippen molar-refractivity contribution in [1.82, 2.24) is 19.5 Å². The lowest BCUT2D eigenvalue weighted by Gasteiger charge is -2.33. The standard InChI is InChI=1S/C10H13N4O8P/c15-1-4-6(16)7(17)10(22-4,23(19,20)21)14-3-13-5-8(14)11-2-12-9(5)18/h2-4,6-7,15-17H,1H2,(H,11,12,18)(H2,19,20,21)/t4-,6-,7-,10+/m1/s1. The lowest BCUT2D eigenvalue weighted by molar-refractivity contribution is -0.0985. The van der Waals surface area contributed by atoms with Crippen molar-refractivity contribution in [2.75, 3.05) is 6.61 Å². The second-order valence-corrected chi connectivity index (χ2v) is 6.72. The monoisotopic (exact) mass is 348 g/mol. The number of ether oxygens (including phenoxy) is 1. The molecule has 0 saturated carbocycles. The number of hydrogen-bond acceptors (Lipinski definition) is 8. The van der Waals surface area contributed by atoms with Crippen molar-refractivity contribution in [3.63, 3.8) is 0 Å². The highest BCUT2D eigenvalue weighted by atomic mass is 31.2. The highest BCUT2D eigenvalue weighted by molar-refractivity contribution is 7.52. The maximum absolute atomic E-state index is 12.1. The summed E-state index contributed by atoms with van der Waals surface area (Å²) < 4.78 is 17.9. The van der Waals surface area contributed by atoms with Crippen molar-refractivity contribution in [3.8, 4) is 0 Å². The van der Waals surface area contributed by atoms with Gasteiger partial charge in [-0.15, -0.1) is 0 Å². The Kier molecular flexibility index (Phi) is 3.65. The molecule has 0 spiro atoms. The van der Waals surface area contributed by atoms with Gasteiger partial charge in [0.05, 0.1) is 12.9 Å². The van der Waals surface area contributed by atoms with Crippen molar-refractivity contribution < 1.29 is 34.4 Å². The molecule has 2 aromatic rings. The van der Waals surface area contributed by atoms with Crippen molar-refractivity contribution >= 4 is 18.8 Å². The topological polar surface area (TPSA) is 191 Å². The van der Waals surface area contributed by atoms with E-state index in [4.69, 9.17) is 9.84 Å². The number of aliphatic hydroxyl groups excluding tert-OH is 3. The fourth-order valence-corrected chi connectivity index (χ4v) is 3.79. The first-order valence-electron chi connectivity index (χ1n) is 6.35. The third-order valence-electron chi connectivity index (χ3n) is 3.70. The molecule has 1 aliphatic rings. The zero-order chi connectivity index (χ0) is 17.0. The number of nitrogens with one attached hydrogen (secondary N) is 1. The molecule has 126 valence electrons. The van der Waals surface area contributed by atoms with Crippen LogP contribution in [0.3, 0.4) is 0 Å². The van der Waals surface area contributed by atoms with Crippen LogP contribution in [0.1, 0.15) is 0 Å². The first-order chi connectivity index (χ1) is 10.7. The third kappa shape index (κ3) is 2.08. The van der Waals surface area contributed by atoms with E-state index in [1.54, 1.807) is 0 Å². The van der Waals surface area contributed by atoms with Crippen LogP contribution in [0, 0.1) is 0 Å². The van der Waals surface area contributed by atoms with Gasteiger partial charge in [0.25, 0.3) is 11.0 Å². The Morgan fingerprint density at radius 3 is 2.65 bits per heavy atom. The summed E-state index contributed by atoms with van der Waals surface area (Å²) in [5.74, 6) is 0. The third-order valence-corrected chi connectivity index (χ3v) is 5.12. The smallest absolute Gasteiger partial charge is 0.381 e. The molecule has 1 fully saturated rings. The predicted molar refractivity (Wildman–Crippen MR) is 72.1 cm³/mol. The summed E-state index contributed by atoms with van der Waals surface area (Å²) >= 11 is 0. The van der Waals surface area contributed by atoms with Gasteiger partial charge in [-0.2, -0.15) is 0 Å². The summed E-state index contributed by atoms with van der Waals surface area (Å²) in [5.41, 5.74) is -3.93. The molecular formula is C10H13N4O8P. The Bertz CT molecular complexity index is 845. The van der Waals surface area contributed by atoms with Gasteiger partial charge in [-0.3, -0.25) is 13.9 Å². The molecule has 0 bridgehead atoms. The summed E-state index contributed by atoms with van der Waals surface area (Å²) in [5, 5.41) is 29.2. The van der Waals surface area contributed by atoms with Gasteiger partial charge in [0.1, 0.15) is 24.6 Å². The maximum atomic E-state index is 12.1. The quantitative estimate of drug-likeness (QED) is 0.312. The summed E-state index contributed by atoms with van der Waals surface area (Å²) in [6, 6.07) is 0. The van der Waals surface area contributed by atoms with Crippen molar-refractivity contribution in [2.45, 2.75) is 23.8 Å². The first-order valence-corrected chi connectivity index (χ1v) is 7.97. The van der Waals surface area contributed by atoms with Crippen LogP contribution in [0.25, 0.3) is 11.2 Å². The van der Waals surface area contributed by atoms with Crippen molar-refractivity contribution in [1.29, 1.82) is 0 Å². The van der Waals surface area contributed by atoms with Crippen LogP contribution in [-0.2, 0) is 14.8 Å². The van der Waals surface area contributed by atoms with Crippen LogP contribution in [-0.4, -0.2) is 69.5 Å². The molecule has 0 unspecified atom stereocenters. The van der Waals surface area contributed by atoms with Gasteiger partial charge in [-0.05, 0) is 0 Å². The van der Waals surface area contributed by atoms with Crippen LogP contribution >= 0.6 is 7.60 Å². The number of hydrogen-bond donors (Lipinski definition) is 6. The number of fused-ring (bicyclic) bond motifs is 1. The zero-order valence-corrected chi connectivity index (χ0v) is 12.2. The van der Waals surface area contributed by atoms with Crippen molar-refractivity contribution in [3.05, 3.63) is 23.0 Å². The van der Waals surface area contributed by atoms with Gasteiger partial charge >= 0.3 is 7.60 Å². The molecule has 13 heteroatoms. The van der Waals surface area contributed by atoms with E-state index in [1.807, 2.05) is 0 Å². The molecule has 1 aliphatic heterocycles. The van der Waals surface area contributed by atoms with Crippen LogP contribution in [0.4, 0.5) is 0 Å². The van der Waals surface area contributed by atoms with E-state index >= 15 is 0 Å². The fraction of sp³-hybridized carbons (Fsp3) is 0.500. The molecule has 4 atom stereocenters. The molecule has 1 saturated heterocycles. The van der Waals surface area contributed by atoms with Crippen molar-refractivity contribution in [2.24, 2.45) is 0 Å². The number of aromatic amines is 1. The highest BCUT2D eigenvalue weighted by Gasteiger charge is 2.66. The second kappa shape index (κ2) is 5.18. The van der Waals surface area contributed by atoms with E-state index in [2.05, 4.69) is 15.0 Å². The van der Waals surface area contributed by atoms with Gasteiger partial charge < -0.3 is 34.8 Å². The first kappa shape index (κ1) is 16.2. The number of imidazole rings is 1. The number of H-pyrrole nitrogens is 1. The average Bonchev–Trinajstić information content (AvgIpc) is 3.01. The zero-order valence-electron chi connectivity index (χ0n) is 11.3. The molecule has 0 aromatic carbocycles. The van der Waals surface area contributed by atoms with Crippen LogP contribution in [0.5, 0.6) is 0 Å². The normalized spacial score (nSPS) is 31.8. The lowest BCUT2D eigenvalue weighted by atomic mass is 10.1. The van der Waals surface area contributed by atoms with E-state index in [1.165, 1.54) is 0 Å². The van der Waals surface area contributed by atoms with Gasteiger partial charge in [0, 0.05) is 0 Å². The molecule has 3 rings (SSSR count). The molecule has 23 heavy (non-hydrogen) atoms. The largest absolute Gasteiger partial charge is 0.394 e. The van der Waals surface area contributed by atoms with Gasteiger partial charge in [-0.25, -0.2) is 9.97 Å². The number of aromatic nitrogens is 4. The number of rotatable bonds is 3. The van der Waals surface area contributed by atoms with Crippen LogP contribution < -0.4 is 5.56 Å². The molecule has 3 heterocycles. The van der Waals surface area contributed by atoms with Gasteiger partial charge in [0.2, 0.25) is 0 Å². The minimum atomic E-state index is -5.27. The van der Waals surface area contributed by atoms with Gasteiger partial charge in [-0.1, -0.05) is 0 Å². The average molecular weight is 348 g/mol. The summed E-state index contributed by atoms with van der Waals surface area (Å²) in [6.07, 6.45) is -3.47. The molecule has 0 amide bonds. The van der Waals surface area contributed by atoms with E-state index < -0.39 is 43.5 Å². The maximum Gasteiger partial charge on any atom is 0.381 e. The molecule has 2 aromatic heterocycles. The van der Waals surface area contributed by atoms with E-state index in [-0.39, 0.29) is 11.2 Å².